The highest BCUT2D eigenvalue weighted by Gasteiger charge is 2.37. The number of nitrogens with zero attached hydrogens (tertiary/aromatic N) is 1. The smallest absolute Gasteiger partial charge is 0.410 e. The summed E-state index contributed by atoms with van der Waals surface area (Å²) in [5.74, 6) is -0.132. The van der Waals surface area contributed by atoms with Crippen molar-refractivity contribution < 1.29 is 39.8 Å². The van der Waals surface area contributed by atoms with Gasteiger partial charge in [-0.25, -0.2) is 8.42 Å². The van der Waals surface area contributed by atoms with E-state index in [1.54, 1.807) is 6.92 Å². The van der Waals surface area contributed by atoms with E-state index in [0.717, 1.165) is 30.5 Å². The minimum absolute atomic E-state index is 0.110. The van der Waals surface area contributed by atoms with Crippen LogP contribution in [0.2, 0.25) is 0 Å². The molecule has 0 aliphatic heterocycles. The lowest BCUT2D eigenvalue weighted by molar-refractivity contribution is -0.0601. The van der Waals surface area contributed by atoms with Gasteiger partial charge in [-0.15, -0.1) is 0 Å². The summed E-state index contributed by atoms with van der Waals surface area (Å²) in [6, 6.07) is 14.2. The van der Waals surface area contributed by atoms with E-state index in [1.165, 1.54) is 10.9 Å². The molecule has 2 aromatic carbocycles. The summed E-state index contributed by atoms with van der Waals surface area (Å²) >= 11 is 0. The second-order valence-corrected chi connectivity index (χ2v) is 10.2. The van der Waals surface area contributed by atoms with E-state index in [9.17, 15) is 30.0 Å². The van der Waals surface area contributed by atoms with Crippen LogP contribution < -0.4 is 0 Å². The van der Waals surface area contributed by atoms with Crippen molar-refractivity contribution in [3.8, 4) is 0 Å². The first-order valence-electron chi connectivity index (χ1n) is 9.26. The summed E-state index contributed by atoms with van der Waals surface area (Å²) in [6.07, 6.45) is -1.45. The van der Waals surface area contributed by atoms with Crippen LogP contribution in [-0.2, 0) is 20.0 Å². The Labute approximate surface area is 189 Å². The number of benzene rings is 2. The van der Waals surface area contributed by atoms with E-state index in [2.05, 4.69) is 28.3 Å². The largest absolute Gasteiger partial charge is 0.437 e. The molecular formula is C20H23F3N2O6S2. The maximum absolute atomic E-state index is 12.3. The van der Waals surface area contributed by atoms with Gasteiger partial charge >= 0.3 is 6.18 Å². The molecular weight excluding hydrogens is 485 g/mol. The molecule has 0 aliphatic rings. The van der Waals surface area contributed by atoms with Crippen LogP contribution in [0, 0.1) is 0 Å². The zero-order valence-corrected chi connectivity index (χ0v) is 19.2. The fourth-order valence-corrected chi connectivity index (χ4v) is 3.54. The number of nitrogens with one attached hydrogen (secondary N) is 1. The third-order valence-electron chi connectivity index (χ3n) is 3.85. The molecule has 3 N–H and O–H groups in total. The summed E-state index contributed by atoms with van der Waals surface area (Å²) < 4.78 is 86.7. The molecule has 0 saturated carbocycles. The lowest BCUT2D eigenvalue weighted by Crippen LogP contribution is -2.24. The zero-order valence-electron chi connectivity index (χ0n) is 17.6. The van der Waals surface area contributed by atoms with Gasteiger partial charge in [0.15, 0.2) is 15.5 Å². The second-order valence-electron chi connectivity index (χ2n) is 6.59. The number of halogens is 3. The van der Waals surface area contributed by atoms with E-state index >= 15 is 0 Å². The second kappa shape index (κ2) is 11.8. The quantitative estimate of drug-likeness (QED) is 0.208. The van der Waals surface area contributed by atoms with Crippen molar-refractivity contribution in [2.24, 2.45) is 5.16 Å². The van der Waals surface area contributed by atoms with Crippen LogP contribution in [0.1, 0.15) is 18.9 Å². The maximum atomic E-state index is 12.3. The lowest BCUT2D eigenvalue weighted by atomic mass is 10.1. The SMILES string of the molecule is CCCS(=O)(=O)O.CS(=O)(=O)c1ccc(C(=NO)C(F)(F)F)cc1.c1ccc2[nH]ccc2c1. The van der Waals surface area contributed by atoms with Gasteiger partial charge in [0.05, 0.1) is 10.6 Å². The molecule has 0 saturated heterocycles. The van der Waals surface area contributed by atoms with Crippen LogP contribution in [-0.4, -0.2) is 55.5 Å². The number of hydrogen-bond acceptors (Lipinski definition) is 6. The predicted molar refractivity (Wildman–Crippen MR) is 119 cm³/mol. The highest BCUT2D eigenvalue weighted by atomic mass is 32.2. The summed E-state index contributed by atoms with van der Waals surface area (Å²) in [6.45, 7) is 1.69. The Morgan fingerprint density at radius 2 is 1.58 bits per heavy atom. The molecule has 0 spiro atoms. The third-order valence-corrected chi connectivity index (χ3v) is 5.90. The molecule has 0 unspecified atom stereocenters. The van der Waals surface area contributed by atoms with Gasteiger partial charge in [-0.1, -0.05) is 42.4 Å². The fraction of sp³-hybridized carbons (Fsp3) is 0.250. The lowest BCUT2D eigenvalue weighted by Gasteiger charge is -2.08. The fourth-order valence-electron chi connectivity index (χ4n) is 2.39. The summed E-state index contributed by atoms with van der Waals surface area (Å²) in [5.41, 5.74) is -0.678. The average molecular weight is 509 g/mol. The van der Waals surface area contributed by atoms with Gasteiger partial charge in [0.2, 0.25) is 0 Å². The van der Waals surface area contributed by atoms with E-state index in [1.807, 2.05) is 18.3 Å². The van der Waals surface area contributed by atoms with Gasteiger partial charge in [0.1, 0.15) is 0 Å². The Bertz CT molecular complexity index is 1240. The predicted octanol–water partition coefficient (Wildman–Crippen LogP) is 4.28. The number of aromatic amines is 1. The van der Waals surface area contributed by atoms with E-state index in [-0.39, 0.29) is 10.6 Å². The Balaban J connectivity index is 0.000000282. The minimum Gasteiger partial charge on any atom is -0.410 e. The van der Waals surface area contributed by atoms with Crippen molar-refractivity contribution in [2.75, 3.05) is 12.0 Å². The van der Waals surface area contributed by atoms with E-state index in [0.29, 0.717) is 6.42 Å². The minimum atomic E-state index is -4.80. The zero-order chi connectivity index (χ0) is 25.3. The third kappa shape index (κ3) is 10.1. The number of aromatic nitrogens is 1. The number of H-pyrrole nitrogens is 1. The standard InChI is InChI=1S/C9H8F3NO3S.C8H7N.C3H8O3S/c1-17(15,16)7-4-2-6(3-5-7)8(13-14)9(10,11)12;1-2-4-8-7(3-1)5-6-9-8;1-2-3-7(4,5)6/h2-5,14H,1H3;1-6,9H;2-3H2,1H3,(H,4,5,6). The van der Waals surface area contributed by atoms with Crippen molar-refractivity contribution >= 4 is 36.6 Å². The molecule has 8 nitrogen and oxygen atoms in total. The van der Waals surface area contributed by atoms with Crippen LogP contribution in [0.5, 0.6) is 0 Å². The highest BCUT2D eigenvalue weighted by molar-refractivity contribution is 7.90. The topological polar surface area (TPSA) is 137 Å². The molecule has 0 amide bonds. The molecule has 3 rings (SSSR count). The highest BCUT2D eigenvalue weighted by Crippen LogP contribution is 2.23. The van der Waals surface area contributed by atoms with Crippen molar-refractivity contribution in [3.63, 3.8) is 0 Å². The van der Waals surface area contributed by atoms with Gasteiger partial charge in [0, 0.05) is 23.5 Å². The maximum Gasteiger partial charge on any atom is 0.437 e. The molecule has 3 aromatic rings. The summed E-state index contributed by atoms with van der Waals surface area (Å²) in [7, 11) is -7.15. The van der Waals surface area contributed by atoms with Crippen LogP contribution in [0.25, 0.3) is 10.9 Å². The number of hydrogen-bond donors (Lipinski definition) is 3. The first kappa shape index (κ1) is 28.1. The Kier molecular flexibility index (Phi) is 10.1. The van der Waals surface area contributed by atoms with Gasteiger partial charge < -0.3 is 10.2 Å². The normalized spacial score (nSPS) is 12.4. The Morgan fingerprint density at radius 1 is 1.00 bits per heavy atom. The molecule has 33 heavy (non-hydrogen) atoms. The molecule has 0 atom stereocenters. The number of oxime groups is 1. The Morgan fingerprint density at radius 3 is 1.97 bits per heavy atom. The van der Waals surface area contributed by atoms with Crippen LogP contribution in [0.15, 0.2) is 70.8 Å². The number of sulfone groups is 1. The molecule has 13 heteroatoms. The van der Waals surface area contributed by atoms with Crippen LogP contribution in [0.4, 0.5) is 13.2 Å². The van der Waals surface area contributed by atoms with Gasteiger partial charge in [-0.05, 0) is 36.1 Å². The number of fused-ring (bicyclic) bond motifs is 1. The number of alkyl halides is 3. The summed E-state index contributed by atoms with van der Waals surface area (Å²) in [5, 5.41) is 11.7. The summed E-state index contributed by atoms with van der Waals surface area (Å²) in [4.78, 5) is 3.01. The van der Waals surface area contributed by atoms with Crippen molar-refractivity contribution in [3.05, 3.63) is 66.4 Å². The number of para-hydroxylation sites is 1. The first-order valence-corrected chi connectivity index (χ1v) is 12.8. The first-order chi connectivity index (χ1) is 15.2. The molecule has 0 radical (unpaired) electrons. The van der Waals surface area contributed by atoms with Crippen LogP contribution in [0.3, 0.4) is 0 Å². The molecule has 1 heterocycles. The van der Waals surface area contributed by atoms with Gasteiger partial charge in [-0.2, -0.15) is 21.6 Å². The number of rotatable bonds is 4. The van der Waals surface area contributed by atoms with Crippen LogP contribution >= 0.6 is 0 Å². The molecule has 0 bridgehead atoms. The average Bonchev–Trinajstić information content (AvgIpc) is 3.16. The molecule has 0 aliphatic carbocycles. The molecule has 182 valence electrons. The molecule has 1 aromatic heterocycles. The van der Waals surface area contributed by atoms with Crippen molar-refractivity contribution in [2.45, 2.75) is 24.4 Å². The van der Waals surface area contributed by atoms with Gasteiger partial charge in [0.25, 0.3) is 10.1 Å². The molecule has 0 fully saturated rings. The Hall–Kier alpha value is -2.90. The van der Waals surface area contributed by atoms with Crippen molar-refractivity contribution in [1.82, 2.24) is 4.98 Å². The van der Waals surface area contributed by atoms with E-state index in [4.69, 9.17) is 9.76 Å². The van der Waals surface area contributed by atoms with Gasteiger partial charge in [-0.3, -0.25) is 4.55 Å². The van der Waals surface area contributed by atoms with E-state index < -0.39 is 37.4 Å². The van der Waals surface area contributed by atoms with Crippen molar-refractivity contribution in [1.29, 1.82) is 0 Å². The monoisotopic (exact) mass is 508 g/mol.